The summed E-state index contributed by atoms with van der Waals surface area (Å²) < 4.78 is 0. The van der Waals surface area contributed by atoms with Gasteiger partial charge in [-0.25, -0.2) is 15.0 Å². The van der Waals surface area contributed by atoms with Gasteiger partial charge in [0.1, 0.15) is 11.9 Å². The van der Waals surface area contributed by atoms with Crippen molar-refractivity contribution in [1.29, 1.82) is 0 Å². The number of hydrogen-bond acceptors (Lipinski definition) is 6. The summed E-state index contributed by atoms with van der Waals surface area (Å²) in [4.78, 5) is 25.6. The van der Waals surface area contributed by atoms with Crippen molar-refractivity contribution in [2.24, 2.45) is 0 Å². The van der Waals surface area contributed by atoms with Crippen LogP contribution in [0.1, 0.15) is 26.3 Å². The largest absolute Gasteiger partial charge is 0.353 e. The number of nitrogens with one attached hydrogen (secondary N) is 3. The van der Waals surface area contributed by atoms with Gasteiger partial charge in [0.25, 0.3) is 5.91 Å². The van der Waals surface area contributed by atoms with Gasteiger partial charge in [0.2, 0.25) is 0 Å². The number of carbonyl (C=O) groups is 1. The van der Waals surface area contributed by atoms with E-state index in [4.69, 9.17) is 4.98 Å². The van der Waals surface area contributed by atoms with Gasteiger partial charge in [-0.1, -0.05) is 12.1 Å². The van der Waals surface area contributed by atoms with Crippen LogP contribution >= 0.6 is 0 Å². The molecule has 0 radical (unpaired) electrons. The van der Waals surface area contributed by atoms with Crippen LogP contribution in [0.3, 0.4) is 0 Å². The normalized spacial score (nSPS) is 17.2. The average molecular weight is 349 g/mol. The van der Waals surface area contributed by atoms with Gasteiger partial charge in [-0.05, 0) is 37.8 Å². The van der Waals surface area contributed by atoms with E-state index in [1.165, 1.54) is 6.33 Å². The van der Waals surface area contributed by atoms with E-state index in [-0.39, 0.29) is 7.33 Å². The zero-order valence-electron chi connectivity index (χ0n) is 14.2. The zero-order chi connectivity index (χ0) is 17.7. The van der Waals surface area contributed by atoms with Gasteiger partial charge in [0.15, 0.2) is 17.5 Å². The maximum atomic E-state index is 12.3. The van der Waals surface area contributed by atoms with E-state index in [1.54, 1.807) is 6.20 Å². The molecule has 3 aromatic rings. The van der Waals surface area contributed by atoms with Crippen molar-refractivity contribution in [1.82, 2.24) is 25.1 Å². The summed E-state index contributed by atoms with van der Waals surface area (Å²) in [6.45, 7) is 2.03. The maximum absolute atomic E-state index is 12.3. The Bertz CT molecular complexity index is 1010. The second kappa shape index (κ2) is 5.35. The molecular weight excluding hydrogens is 330 g/mol. The first kappa shape index (κ1) is 15.0. The molecule has 3 N–H and O–H groups in total. The van der Waals surface area contributed by atoms with Crippen LogP contribution < -0.4 is 10.6 Å². The lowest BCUT2D eigenvalue weighted by molar-refractivity contribution is -0.123. The molecule has 1 aliphatic carbocycles. The van der Waals surface area contributed by atoms with Gasteiger partial charge in [0, 0.05) is 12.6 Å². The summed E-state index contributed by atoms with van der Waals surface area (Å²) in [5, 5.41) is 12.9. The molecule has 1 aliphatic heterocycles. The summed E-state index contributed by atoms with van der Waals surface area (Å²) in [6, 6.07) is 6.02. The van der Waals surface area contributed by atoms with Crippen LogP contribution in [-0.4, -0.2) is 36.6 Å². The summed E-state index contributed by atoms with van der Waals surface area (Å²) in [7, 11) is 0. The maximum Gasteiger partial charge on any atom is 0.251 e. The molecule has 1 saturated carbocycles. The topological polar surface area (TPSA) is 108 Å². The first-order valence-electron chi connectivity index (χ1n) is 8.58. The Morgan fingerprint density at radius 3 is 2.77 bits per heavy atom. The number of aromatic nitrogens is 5. The first-order chi connectivity index (χ1) is 12.6. The molecule has 0 saturated heterocycles. The van der Waals surface area contributed by atoms with E-state index in [9.17, 15) is 4.79 Å². The van der Waals surface area contributed by atoms with Gasteiger partial charge in [-0.3, -0.25) is 9.89 Å². The molecule has 1 fully saturated rings. The summed E-state index contributed by atoms with van der Waals surface area (Å²) in [5.41, 5.74) is 3.28. The van der Waals surface area contributed by atoms with E-state index < -0.39 is 5.54 Å². The van der Waals surface area contributed by atoms with Crippen LogP contribution in [0.15, 0.2) is 30.7 Å². The van der Waals surface area contributed by atoms with E-state index in [0.717, 1.165) is 47.5 Å². The fraction of sp³-hybridized carbons (Fsp3) is 0.278. The summed E-state index contributed by atoms with van der Waals surface area (Å²) in [6.07, 6.45) is 5.88. The number of anilines is 2. The molecule has 1 spiro atoms. The second-order valence-corrected chi connectivity index (χ2v) is 6.83. The lowest BCUT2D eigenvalue weighted by Crippen LogP contribution is -2.57. The van der Waals surface area contributed by atoms with Crippen LogP contribution in [0, 0.1) is 6.92 Å². The SMILES string of the molecule is Cc1cc(-c2ncn[nH]2)ccc1-c1cnc2c(n1)NC1(CCC1)C(=O)N2.[HH]. The third-order valence-corrected chi connectivity index (χ3v) is 5.19. The minimum absolute atomic E-state index is 0. The lowest BCUT2D eigenvalue weighted by Gasteiger charge is -2.43. The van der Waals surface area contributed by atoms with Crippen molar-refractivity contribution in [3.8, 4) is 22.6 Å². The van der Waals surface area contributed by atoms with Crippen molar-refractivity contribution in [2.45, 2.75) is 31.7 Å². The standard InChI is InChI=1S/C18H17N7O.H2/c1-10-7-11(14-20-9-21-25-14)3-4-12(10)13-8-19-15-16(22-13)24-18(5-2-6-18)17(26)23-15;/h3-4,7-9H,2,5-6H2,1H3,(H,22,24)(H,19,23,26)(H,20,21,25);1H. The molecule has 2 aliphatic rings. The Labute approximate surface area is 151 Å². The van der Waals surface area contributed by atoms with E-state index >= 15 is 0 Å². The quantitative estimate of drug-likeness (QED) is 0.656. The number of nitrogens with zero attached hydrogens (tertiary/aromatic N) is 4. The number of amides is 1. The number of aryl methyl sites for hydroxylation is 1. The molecule has 5 rings (SSSR count). The predicted molar refractivity (Wildman–Crippen MR) is 98.5 cm³/mol. The van der Waals surface area contributed by atoms with Crippen molar-refractivity contribution in [3.63, 3.8) is 0 Å². The third kappa shape index (κ3) is 2.18. The Balaban J connectivity index is 0.00000180. The minimum atomic E-state index is -0.508. The van der Waals surface area contributed by atoms with Gasteiger partial charge in [-0.2, -0.15) is 5.10 Å². The van der Waals surface area contributed by atoms with Crippen LogP contribution in [0.5, 0.6) is 0 Å². The van der Waals surface area contributed by atoms with E-state index in [2.05, 4.69) is 30.8 Å². The van der Waals surface area contributed by atoms with E-state index in [0.29, 0.717) is 11.6 Å². The first-order valence-corrected chi connectivity index (χ1v) is 8.58. The van der Waals surface area contributed by atoms with Crippen LogP contribution in [0.4, 0.5) is 11.6 Å². The number of fused-ring (bicyclic) bond motifs is 1. The smallest absolute Gasteiger partial charge is 0.251 e. The Kier molecular flexibility index (Phi) is 3.09. The highest BCUT2D eigenvalue weighted by molar-refractivity contribution is 6.05. The number of aromatic amines is 1. The predicted octanol–water partition coefficient (Wildman–Crippen LogP) is 2.77. The van der Waals surface area contributed by atoms with Crippen LogP contribution in [-0.2, 0) is 4.79 Å². The van der Waals surface area contributed by atoms with E-state index in [1.807, 2.05) is 25.1 Å². The van der Waals surface area contributed by atoms with Crippen molar-refractivity contribution in [3.05, 3.63) is 36.3 Å². The molecule has 2 aromatic heterocycles. The monoisotopic (exact) mass is 349 g/mol. The molecule has 3 heterocycles. The number of rotatable bonds is 2. The molecule has 0 bridgehead atoms. The Morgan fingerprint density at radius 2 is 2.08 bits per heavy atom. The number of carbonyl (C=O) groups excluding carboxylic acids is 1. The van der Waals surface area contributed by atoms with Gasteiger partial charge >= 0.3 is 0 Å². The average Bonchev–Trinajstić information content (AvgIpc) is 3.14. The fourth-order valence-corrected chi connectivity index (χ4v) is 3.53. The van der Waals surface area contributed by atoms with Crippen molar-refractivity contribution in [2.75, 3.05) is 10.6 Å². The number of hydrogen-bond donors (Lipinski definition) is 3. The lowest BCUT2D eigenvalue weighted by atomic mass is 9.75. The molecule has 0 atom stereocenters. The highest BCUT2D eigenvalue weighted by Gasteiger charge is 2.47. The third-order valence-electron chi connectivity index (χ3n) is 5.19. The molecule has 132 valence electrons. The highest BCUT2D eigenvalue weighted by Crippen LogP contribution is 2.41. The zero-order valence-corrected chi connectivity index (χ0v) is 14.2. The molecular formula is C18H19N7O. The van der Waals surface area contributed by atoms with Crippen LogP contribution in [0.2, 0.25) is 0 Å². The van der Waals surface area contributed by atoms with Gasteiger partial charge < -0.3 is 10.6 Å². The Morgan fingerprint density at radius 1 is 1.19 bits per heavy atom. The summed E-state index contributed by atoms with van der Waals surface area (Å²) >= 11 is 0. The number of H-pyrrole nitrogens is 1. The van der Waals surface area contributed by atoms with Gasteiger partial charge in [-0.15, -0.1) is 0 Å². The molecule has 1 aromatic carbocycles. The fourth-order valence-electron chi connectivity index (χ4n) is 3.53. The molecule has 0 unspecified atom stereocenters. The second-order valence-electron chi connectivity index (χ2n) is 6.83. The molecule has 1 amide bonds. The van der Waals surface area contributed by atoms with Crippen LogP contribution in [0.25, 0.3) is 22.6 Å². The molecule has 8 heteroatoms. The van der Waals surface area contributed by atoms with Crippen molar-refractivity contribution >= 4 is 17.5 Å². The summed E-state index contributed by atoms with van der Waals surface area (Å²) in [5.74, 6) is 1.85. The Hall–Kier alpha value is -3.29. The molecule has 26 heavy (non-hydrogen) atoms. The number of benzene rings is 1. The molecule has 8 nitrogen and oxygen atoms in total. The highest BCUT2D eigenvalue weighted by atomic mass is 16.2. The minimum Gasteiger partial charge on any atom is -0.353 e. The van der Waals surface area contributed by atoms with Gasteiger partial charge in [0.05, 0.1) is 11.9 Å². The van der Waals surface area contributed by atoms with Crippen molar-refractivity contribution < 1.29 is 6.22 Å².